The molecule has 0 unspecified atom stereocenters. The van der Waals surface area contributed by atoms with Crippen molar-refractivity contribution in [3.05, 3.63) is 78.9 Å². The molecule has 0 spiro atoms. The van der Waals surface area contributed by atoms with Crippen LogP contribution in [-0.4, -0.2) is 37.8 Å². The number of sulfonamides is 1. The molecular weight excluding hydrogens is 492 g/mol. The number of ether oxygens (including phenoxy) is 1. The van der Waals surface area contributed by atoms with Crippen molar-refractivity contribution in [2.45, 2.75) is 59.8 Å². The van der Waals surface area contributed by atoms with E-state index in [1.54, 1.807) is 36.0 Å². The normalized spacial score (nSPS) is 14.5. The molecule has 0 aromatic heterocycles. The van der Waals surface area contributed by atoms with Gasteiger partial charge in [0, 0.05) is 15.8 Å². The van der Waals surface area contributed by atoms with Crippen LogP contribution in [0, 0.1) is 0 Å². The molecule has 190 valence electrons. The predicted molar refractivity (Wildman–Crippen MR) is 144 cm³/mol. The van der Waals surface area contributed by atoms with Crippen molar-refractivity contribution >= 4 is 33.4 Å². The number of rotatable bonds is 10. The van der Waals surface area contributed by atoms with Crippen molar-refractivity contribution in [1.29, 1.82) is 0 Å². The topological polar surface area (TPSA) is 75.7 Å². The number of carbonyl (C=O) groups is 1. The van der Waals surface area contributed by atoms with E-state index in [0.717, 1.165) is 41.9 Å². The van der Waals surface area contributed by atoms with Crippen molar-refractivity contribution in [2.24, 2.45) is 0 Å². The van der Waals surface area contributed by atoms with Gasteiger partial charge in [0.25, 0.3) is 0 Å². The summed E-state index contributed by atoms with van der Waals surface area (Å²) in [7, 11) is -3.87. The van der Waals surface area contributed by atoms with Crippen LogP contribution in [0.5, 0.6) is 5.75 Å². The summed E-state index contributed by atoms with van der Waals surface area (Å²) in [5.41, 5.74) is 0.665. The summed E-state index contributed by atoms with van der Waals surface area (Å²) in [5.74, 6) is 0.266. The standard InChI is InChI=1S/C28H32N2O4S2/c1-2-34-23-17-19-25(20-18-23)36(32,33)30(22-11-5-3-6-12-22)21-28(31)29-26-15-9-10-16-27(26)35-24-13-7-4-8-14-24/h4,7-10,13-20,22H,2-3,5-6,11-12,21H2,1H3,(H,29,31). The van der Waals surface area contributed by atoms with Gasteiger partial charge in [-0.3, -0.25) is 4.79 Å². The SMILES string of the molecule is CCOc1ccc(S(=O)(=O)N(CC(=O)Nc2ccccc2Sc2ccccc2)C2CCCCC2)cc1. The number of hydrogen-bond acceptors (Lipinski definition) is 5. The Morgan fingerprint density at radius 2 is 1.61 bits per heavy atom. The van der Waals surface area contributed by atoms with E-state index in [1.165, 1.54) is 4.31 Å². The largest absolute Gasteiger partial charge is 0.494 e. The first-order valence-electron chi connectivity index (χ1n) is 12.3. The maximum atomic E-state index is 13.7. The molecule has 4 rings (SSSR count). The zero-order valence-electron chi connectivity index (χ0n) is 20.4. The molecule has 1 saturated carbocycles. The molecule has 1 fully saturated rings. The zero-order valence-corrected chi connectivity index (χ0v) is 22.1. The molecule has 1 amide bonds. The van der Waals surface area contributed by atoms with E-state index in [2.05, 4.69) is 5.32 Å². The van der Waals surface area contributed by atoms with E-state index >= 15 is 0 Å². The third-order valence-corrected chi connectivity index (χ3v) is 9.15. The van der Waals surface area contributed by atoms with Gasteiger partial charge in [0.1, 0.15) is 5.75 Å². The molecule has 0 aliphatic heterocycles. The number of benzene rings is 3. The van der Waals surface area contributed by atoms with Crippen LogP contribution >= 0.6 is 11.8 Å². The van der Waals surface area contributed by atoms with Crippen LogP contribution < -0.4 is 10.1 Å². The lowest BCUT2D eigenvalue weighted by Crippen LogP contribution is -2.45. The number of nitrogens with one attached hydrogen (secondary N) is 1. The van der Waals surface area contributed by atoms with E-state index in [4.69, 9.17) is 4.74 Å². The van der Waals surface area contributed by atoms with Crippen molar-refractivity contribution in [3.63, 3.8) is 0 Å². The Morgan fingerprint density at radius 3 is 2.31 bits per heavy atom. The molecule has 1 aliphatic rings. The molecule has 0 saturated heterocycles. The van der Waals surface area contributed by atoms with Crippen LogP contribution in [-0.2, 0) is 14.8 Å². The van der Waals surface area contributed by atoms with Gasteiger partial charge in [0.05, 0.1) is 23.7 Å². The Balaban J connectivity index is 1.54. The summed E-state index contributed by atoms with van der Waals surface area (Å²) in [5, 5.41) is 2.96. The van der Waals surface area contributed by atoms with Crippen molar-refractivity contribution < 1.29 is 17.9 Å². The Morgan fingerprint density at radius 1 is 0.944 bits per heavy atom. The first kappa shape index (κ1) is 26.3. The fourth-order valence-electron chi connectivity index (χ4n) is 4.39. The van der Waals surface area contributed by atoms with E-state index in [9.17, 15) is 13.2 Å². The maximum absolute atomic E-state index is 13.7. The summed E-state index contributed by atoms with van der Waals surface area (Å²) < 4.78 is 34.2. The molecule has 0 atom stereocenters. The first-order chi connectivity index (χ1) is 17.5. The van der Waals surface area contributed by atoms with Gasteiger partial charge in [0.2, 0.25) is 15.9 Å². The fraction of sp³-hybridized carbons (Fsp3) is 0.321. The van der Waals surface area contributed by atoms with Gasteiger partial charge in [-0.2, -0.15) is 4.31 Å². The lowest BCUT2D eigenvalue weighted by Gasteiger charge is -2.33. The minimum absolute atomic E-state index is 0.171. The van der Waals surface area contributed by atoms with Gasteiger partial charge in [0.15, 0.2) is 0 Å². The highest BCUT2D eigenvalue weighted by Crippen LogP contribution is 2.34. The van der Waals surface area contributed by atoms with Crippen molar-refractivity contribution in [3.8, 4) is 5.75 Å². The van der Waals surface area contributed by atoms with Gasteiger partial charge in [-0.15, -0.1) is 0 Å². The van der Waals surface area contributed by atoms with Crippen LogP contribution in [0.25, 0.3) is 0 Å². The van der Waals surface area contributed by atoms with Gasteiger partial charge in [-0.05, 0) is 68.3 Å². The Labute approximate surface area is 218 Å². The number of nitrogens with zero attached hydrogens (tertiary/aromatic N) is 1. The second-order valence-corrected chi connectivity index (χ2v) is 11.7. The summed E-state index contributed by atoms with van der Waals surface area (Å²) in [6, 6.07) is 23.7. The molecule has 6 nitrogen and oxygen atoms in total. The highest BCUT2D eigenvalue weighted by Gasteiger charge is 2.34. The second-order valence-electron chi connectivity index (χ2n) is 8.71. The quantitative estimate of drug-likeness (QED) is 0.342. The summed E-state index contributed by atoms with van der Waals surface area (Å²) >= 11 is 1.55. The number of hydrogen-bond donors (Lipinski definition) is 1. The average Bonchev–Trinajstić information content (AvgIpc) is 2.90. The highest BCUT2D eigenvalue weighted by atomic mass is 32.2. The number of carbonyl (C=O) groups excluding carboxylic acids is 1. The molecular formula is C28H32N2O4S2. The van der Waals surface area contributed by atoms with E-state index in [1.807, 2.05) is 61.5 Å². The Kier molecular flexibility index (Phi) is 9.07. The third-order valence-electron chi connectivity index (χ3n) is 6.15. The van der Waals surface area contributed by atoms with Crippen LogP contribution in [0.1, 0.15) is 39.0 Å². The maximum Gasteiger partial charge on any atom is 0.243 e. The van der Waals surface area contributed by atoms with Crippen LogP contribution in [0.4, 0.5) is 5.69 Å². The minimum Gasteiger partial charge on any atom is -0.494 e. The first-order valence-corrected chi connectivity index (χ1v) is 14.6. The smallest absolute Gasteiger partial charge is 0.243 e. The minimum atomic E-state index is -3.87. The molecule has 36 heavy (non-hydrogen) atoms. The number of amides is 1. The van der Waals surface area contributed by atoms with Crippen LogP contribution in [0.2, 0.25) is 0 Å². The molecule has 3 aromatic rings. The molecule has 0 radical (unpaired) electrons. The summed E-state index contributed by atoms with van der Waals surface area (Å²) in [6.45, 7) is 2.15. The van der Waals surface area contributed by atoms with Crippen molar-refractivity contribution in [1.82, 2.24) is 4.31 Å². The third kappa shape index (κ3) is 6.69. The van der Waals surface area contributed by atoms with Gasteiger partial charge >= 0.3 is 0 Å². The van der Waals surface area contributed by atoms with Crippen molar-refractivity contribution in [2.75, 3.05) is 18.5 Å². The van der Waals surface area contributed by atoms with Gasteiger partial charge in [-0.1, -0.05) is 61.4 Å². The van der Waals surface area contributed by atoms with Gasteiger partial charge < -0.3 is 10.1 Å². The average molecular weight is 525 g/mol. The predicted octanol–water partition coefficient (Wildman–Crippen LogP) is 6.20. The molecule has 3 aromatic carbocycles. The van der Waals surface area contributed by atoms with E-state index < -0.39 is 10.0 Å². The molecule has 8 heteroatoms. The lowest BCUT2D eigenvalue weighted by molar-refractivity contribution is -0.116. The molecule has 1 N–H and O–H groups in total. The Hall–Kier alpha value is -2.81. The van der Waals surface area contributed by atoms with E-state index in [-0.39, 0.29) is 23.4 Å². The molecule has 0 bridgehead atoms. The second kappa shape index (κ2) is 12.4. The Bertz CT molecular complexity index is 1240. The number of para-hydroxylation sites is 1. The molecule has 1 aliphatic carbocycles. The summed E-state index contributed by atoms with van der Waals surface area (Å²) in [6.07, 6.45) is 4.51. The van der Waals surface area contributed by atoms with Gasteiger partial charge in [-0.25, -0.2) is 8.42 Å². The van der Waals surface area contributed by atoms with Crippen LogP contribution in [0.3, 0.4) is 0 Å². The number of anilines is 1. The monoisotopic (exact) mass is 524 g/mol. The summed E-state index contributed by atoms with van der Waals surface area (Å²) in [4.78, 5) is 15.4. The fourth-order valence-corrected chi connectivity index (χ4v) is 6.96. The van der Waals surface area contributed by atoms with E-state index in [0.29, 0.717) is 18.0 Å². The zero-order chi connectivity index (χ0) is 25.4. The highest BCUT2D eigenvalue weighted by molar-refractivity contribution is 7.99. The van der Waals surface area contributed by atoms with Crippen LogP contribution in [0.15, 0.2) is 93.5 Å². The lowest BCUT2D eigenvalue weighted by atomic mass is 9.95. The molecule has 0 heterocycles.